The van der Waals surface area contributed by atoms with Crippen LogP contribution >= 0.6 is 34.8 Å². The summed E-state index contributed by atoms with van der Waals surface area (Å²) in [5.74, 6) is -0.765. The molecule has 3 rings (SSSR count). The first-order valence-electron chi connectivity index (χ1n) is 9.85. The molecule has 0 bridgehead atoms. The lowest BCUT2D eigenvalue weighted by molar-refractivity contribution is -0.146. The SMILES string of the molecule is COC(=O)C(C)(C)NC(=O)c1ccc(OC(c2ccc(Cl)cc2)c2ccc(Cl)cc2Cl)nc1. The van der Waals surface area contributed by atoms with Gasteiger partial charge in [0, 0.05) is 32.9 Å². The van der Waals surface area contributed by atoms with E-state index >= 15 is 0 Å². The maximum atomic E-state index is 12.5. The number of halogens is 3. The number of hydrogen-bond acceptors (Lipinski definition) is 5. The number of amides is 1. The molecular formula is C24H21Cl3N2O4. The molecule has 0 saturated heterocycles. The Morgan fingerprint density at radius 2 is 1.64 bits per heavy atom. The van der Waals surface area contributed by atoms with E-state index in [0.29, 0.717) is 20.6 Å². The number of rotatable bonds is 7. The lowest BCUT2D eigenvalue weighted by Gasteiger charge is -2.23. The van der Waals surface area contributed by atoms with Crippen LogP contribution in [0.4, 0.5) is 0 Å². The second-order valence-electron chi connectivity index (χ2n) is 7.67. The molecule has 0 fully saturated rings. The highest BCUT2D eigenvalue weighted by molar-refractivity contribution is 6.35. The molecule has 1 heterocycles. The Morgan fingerprint density at radius 3 is 2.21 bits per heavy atom. The molecule has 1 unspecified atom stereocenters. The van der Waals surface area contributed by atoms with Crippen molar-refractivity contribution in [3.8, 4) is 5.88 Å². The van der Waals surface area contributed by atoms with Crippen molar-refractivity contribution < 1.29 is 19.1 Å². The highest BCUT2D eigenvalue weighted by Gasteiger charge is 2.31. The summed E-state index contributed by atoms with van der Waals surface area (Å²) in [5, 5.41) is 4.14. The number of aromatic nitrogens is 1. The van der Waals surface area contributed by atoms with Gasteiger partial charge in [-0.05, 0) is 49.7 Å². The topological polar surface area (TPSA) is 77.5 Å². The minimum atomic E-state index is -1.19. The number of esters is 1. The third-order valence-electron chi connectivity index (χ3n) is 4.78. The van der Waals surface area contributed by atoms with Gasteiger partial charge in [0.15, 0.2) is 6.10 Å². The van der Waals surface area contributed by atoms with Gasteiger partial charge in [-0.1, -0.05) is 53.0 Å². The summed E-state index contributed by atoms with van der Waals surface area (Å²) >= 11 is 18.5. The average molecular weight is 508 g/mol. The smallest absolute Gasteiger partial charge is 0.330 e. The van der Waals surface area contributed by atoms with E-state index in [-0.39, 0.29) is 11.4 Å². The molecule has 3 aromatic rings. The zero-order chi connectivity index (χ0) is 24.2. The second-order valence-corrected chi connectivity index (χ2v) is 8.95. The Bertz CT molecular complexity index is 1150. The van der Waals surface area contributed by atoms with Gasteiger partial charge in [0.1, 0.15) is 5.54 Å². The van der Waals surface area contributed by atoms with Gasteiger partial charge >= 0.3 is 5.97 Å². The van der Waals surface area contributed by atoms with Crippen molar-refractivity contribution in [2.24, 2.45) is 0 Å². The fourth-order valence-corrected chi connectivity index (χ4v) is 3.66. The monoisotopic (exact) mass is 506 g/mol. The Kier molecular flexibility index (Phi) is 7.84. The van der Waals surface area contributed by atoms with Gasteiger partial charge < -0.3 is 14.8 Å². The Labute approximate surface area is 206 Å². The minimum Gasteiger partial charge on any atom is -0.467 e. The van der Waals surface area contributed by atoms with E-state index in [4.69, 9.17) is 44.3 Å². The van der Waals surface area contributed by atoms with Crippen molar-refractivity contribution in [2.75, 3.05) is 7.11 Å². The van der Waals surface area contributed by atoms with Crippen LogP contribution in [0, 0.1) is 0 Å². The van der Waals surface area contributed by atoms with E-state index in [1.807, 2.05) is 12.1 Å². The maximum absolute atomic E-state index is 12.5. The lowest BCUT2D eigenvalue weighted by atomic mass is 10.0. The van der Waals surface area contributed by atoms with Crippen LogP contribution in [0.2, 0.25) is 15.1 Å². The molecule has 6 nitrogen and oxygen atoms in total. The number of benzene rings is 2. The summed E-state index contributed by atoms with van der Waals surface area (Å²) in [6.45, 7) is 3.10. The van der Waals surface area contributed by atoms with Crippen molar-refractivity contribution >= 4 is 46.7 Å². The predicted octanol–water partition coefficient (Wildman–Crippen LogP) is 5.89. The first-order chi connectivity index (χ1) is 15.6. The Hall–Kier alpha value is -2.80. The van der Waals surface area contributed by atoms with Crippen LogP contribution in [0.25, 0.3) is 0 Å². The molecule has 0 radical (unpaired) electrons. The summed E-state index contributed by atoms with van der Waals surface area (Å²) in [7, 11) is 1.26. The number of nitrogens with zero attached hydrogens (tertiary/aromatic N) is 1. The van der Waals surface area contributed by atoms with Crippen LogP contribution < -0.4 is 10.1 Å². The molecular weight excluding hydrogens is 487 g/mol. The van der Waals surface area contributed by atoms with Crippen LogP contribution in [0.3, 0.4) is 0 Å². The number of nitrogens with one attached hydrogen (secondary N) is 1. The van der Waals surface area contributed by atoms with Gasteiger partial charge in [-0.3, -0.25) is 4.79 Å². The molecule has 0 saturated carbocycles. The first kappa shape index (κ1) is 24.8. The van der Waals surface area contributed by atoms with E-state index in [1.54, 1.807) is 56.3 Å². The van der Waals surface area contributed by atoms with E-state index in [1.165, 1.54) is 13.3 Å². The number of carbonyl (C=O) groups is 2. The van der Waals surface area contributed by atoms with Crippen LogP contribution in [0.5, 0.6) is 5.88 Å². The van der Waals surface area contributed by atoms with E-state index < -0.39 is 23.5 Å². The summed E-state index contributed by atoms with van der Waals surface area (Å²) in [4.78, 5) is 28.6. The lowest BCUT2D eigenvalue weighted by Crippen LogP contribution is -2.50. The van der Waals surface area contributed by atoms with Crippen molar-refractivity contribution in [1.29, 1.82) is 0 Å². The standard InChI is InChI=1S/C24H21Cl3N2O4/c1-24(2,23(31)32-3)29-22(30)15-6-11-20(28-13-15)33-21(14-4-7-16(25)8-5-14)18-10-9-17(26)12-19(18)27/h4-13,21H,1-3H3,(H,29,30). The molecule has 1 N–H and O–H groups in total. The molecule has 0 spiro atoms. The fourth-order valence-electron chi connectivity index (χ4n) is 3.03. The first-order valence-corrected chi connectivity index (χ1v) is 11.0. The average Bonchev–Trinajstić information content (AvgIpc) is 2.78. The van der Waals surface area contributed by atoms with Gasteiger partial charge in [-0.25, -0.2) is 9.78 Å². The van der Waals surface area contributed by atoms with Crippen LogP contribution in [-0.2, 0) is 9.53 Å². The van der Waals surface area contributed by atoms with Gasteiger partial charge in [-0.15, -0.1) is 0 Å². The third kappa shape index (κ3) is 6.16. The Morgan fingerprint density at radius 1 is 0.970 bits per heavy atom. The molecule has 0 aliphatic heterocycles. The molecule has 1 atom stereocenters. The van der Waals surface area contributed by atoms with Crippen LogP contribution in [0.15, 0.2) is 60.8 Å². The molecule has 33 heavy (non-hydrogen) atoms. The summed E-state index contributed by atoms with van der Waals surface area (Å²) in [5.41, 5.74) is 0.553. The highest BCUT2D eigenvalue weighted by atomic mass is 35.5. The maximum Gasteiger partial charge on any atom is 0.330 e. The number of methoxy groups -OCH3 is 1. The second kappa shape index (κ2) is 10.4. The van der Waals surface area contributed by atoms with Crippen molar-refractivity contribution in [2.45, 2.75) is 25.5 Å². The molecule has 172 valence electrons. The normalized spacial score (nSPS) is 12.1. The van der Waals surface area contributed by atoms with Crippen molar-refractivity contribution in [3.63, 3.8) is 0 Å². The molecule has 0 aliphatic carbocycles. The molecule has 0 aliphatic rings. The fraction of sp³-hybridized carbons (Fsp3) is 0.208. The van der Waals surface area contributed by atoms with Crippen LogP contribution in [-0.4, -0.2) is 29.5 Å². The summed E-state index contributed by atoms with van der Waals surface area (Å²) in [6.07, 6.45) is 0.762. The van der Waals surface area contributed by atoms with Crippen molar-refractivity contribution in [1.82, 2.24) is 10.3 Å². The third-order valence-corrected chi connectivity index (χ3v) is 5.59. The molecule has 2 aromatic carbocycles. The van der Waals surface area contributed by atoms with Gasteiger partial charge in [0.25, 0.3) is 5.91 Å². The quantitative estimate of drug-likeness (QED) is 0.403. The number of hydrogen-bond donors (Lipinski definition) is 1. The predicted molar refractivity (Wildman–Crippen MR) is 128 cm³/mol. The minimum absolute atomic E-state index is 0.256. The Balaban J connectivity index is 1.85. The van der Waals surface area contributed by atoms with Gasteiger partial charge in [0.05, 0.1) is 12.7 Å². The summed E-state index contributed by atoms with van der Waals surface area (Å²) < 4.78 is 10.9. The zero-order valence-electron chi connectivity index (χ0n) is 18.1. The van der Waals surface area contributed by atoms with Crippen LogP contribution in [0.1, 0.15) is 41.4 Å². The summed E-state index contributed by atoms with van der Waals surface area (Å²) in [6, 6.07) is 15.4. The molecule has 9 heteroatoms. The van der Waals surface area contributed by atoms with Crippen molar-refractivity contribution in [3.05, 3.63) is 92.6 Å². The molecule has 1 aromatic heterocycles. The van der Waals surface area contributed by atoms with E-state index in [0.717, 1.165) is 5.56 Å². The zero-order valence-corrected chi connectivity index (χ0v) is 20.3. The number of ether oxygens (including phenoxy) is 2. The highest BCUT2D eigenvalue weighted by Crippen LogP contribution is 2.34. The number of pyridine rings is 1. The largest absolute Gasteiger partial charge is 0.467 e. The van der Waals surface area contributed by atoms with E-state index in [2.05, 4.69) is 10.3 Å². The van der Waals surface area contributed by atoms with E-state index in [9.17, 15) is 9.59 Å². The molecule has 1 amide bonds. The number of carbonyl (C=O) groups excluding carboxylic acids is 2. The van der Waals surface area contributed by atoms with Gasteiger partial charge in [-0.2, -0.15) is 0 Å². The van der Waals surface area contributed by atoms with Gasteiger partial charge in [0.2, 0.25) is 5.88 Å².